The minimum Gasteiger partial charge on any atom is -0.478 e. The van der Waals surface area contributed by atoms with Crippen molar-refractivity contribution in [2.45, 2.75) is 37.9 Å². The zero-order chi connectivity index (χ0) is 21.9. The lowest BCUT2D eigenvalue weighted by atomic mass is 9.88. The van der Waals surface area contributed by atoms with Crippen LogP contribution in [-0.2, 0) is 19.0 Å². The van der Waals surface area contributed by atoms with E-state index in [9.17, 15) is 23.1 Å². The van der Waals surface area contributed by atoms with Crippen molar-refractivity contribution in [2.75, 3.05) is 0 Å². The maximum Gasteiger partial charge on any atom is 0.433 e. The van der Waals surface area contributed by atoms with Crippen molar-refractivity contribution in [1.82, 2.24) is 15.0 Å². The van der Waals surface area contributed by atoms with Gasteiger partial charge in [-0.2, -0.15) is 13.2 Å². The number of pyridine rings is 2. The van der Waals surface area contributed by atoms with Crippen molar-refractivity contribution in [3.05, 3.63) is 58.7 Å². The summed E-state index contributed by atoms with van der Waals surface area (Å²) in [4.78, 5) is 23.2. The highest BCUT2D eigenvalue weighted by atomic mass is 19.4. The second-order valence-electron chi connectivity index (χ2n) is 8.09. The highest BCUT2D eigenvalue weighted by molar-refractivity contribution is 5.95. The number of aromatic carboxylic acids is 1. The Hall–Kier alpha value is -3.20. The minimum absolute atomic E-state index is 0.245. The quantitative estimate of drug-likeness (QED) is 0.573. The molecule has 5 rings (SSSR count). The molecule has 3 heterocycles. The van der Waals surface area contributed by atoms with E-state index in [0.717, 1.165) is 36.2 Å². The summed E-state index contributed by atoms with van der Waals surface area (Å²) in [6.07, 6.45) is 1.47. The summed E-state index contributed by atoms with van der Waals surface area (Å²) in [7, 11) is 0. The predicted molar refractivity (Wildman–Crippen MR) is 106 cm³/mol. The lowest BCUT2D eigenvalue weighted by Gasteiger charge is -2.17. The molecule has 9 heteroatoms. The predicted octanol–water partition coefficient (Wildman–Crippen LogP) is 4.36. The molecule has 0 spiro atoms. The molecular weight excluding hydrogens is 409 g/mol. The van der Waals surface area contributed by atoms with Gasteiger partial charge in [0, 0.05) is 35.3 Å². The monoisotopic (exact) mass is 428 g/mol. The van der Waals surface area contributed by atoms with Gasteiger partial charge in [0.1, 0.15) is 5.69 Å². The number of carboxylic acid groups (broad SMARTS) is 1. The van der Waals surface area contributed by atoms with Crippen LogP contribution in [0.1, 0.15) is 51.8 Å². The number of halogens is 3. The van der Waals surface area contributed by atoms with Crippen molar-refractivity contribution >= 4 is 5.97 Å². The Morgan fingerprint density at radius 1 is 1.19 bits per heavy atom. The van der Waals surface area contributed by atoms with Crippen molar-refractivity contribution < 1.29 is 23.1 Å². The van der Waals surface area contributed by atoms with E-state index in [-0.39, 0.29) is 17.5 Å². The minimum atomic E-state index is -4.51. The molecule has 0 aromatic carbocycles. The number of nitrogens with two attached hydrogens (primary N) is 1. The Balaban J connectivity index is 1.59. The molecule has 0 radical (unpaired) electrons. The normalized spacial score (nSPS) is 16.5. The molecule has 1 atom stereocenters. The Labute approximate surface area is 175 Å². The van der Waals surface area contributed by atoms with E-state index in [1.54, 1.807) is 12.3 Å². The number of rotatable bonds is 4. The van der Waals surface area contributed by atoms with Gasteiger partial charge in [0.05, 0.1) is 17.0 Å². The van der Waals surface area contributed by atoms with Gasteiger partial charge in [-0.1, -0.05) is 0 Å². The second-order valence-corrected chi connectivity index (χ2v) is 8.09. The van der Waals surface area contributed by atoms with Crippen molar-refractivity contribution in [2.24, 2.45) is 11.7 Å². The third-order valence-electron chi connectivity index (χ3n) is 6.06. The third kappa shape index (κ3) is 3.38. The maximum atomic E-state index is 12.8. The zero-order valence-corrected chi connectivity index (χ0v) is 16.3. The summed E-state index contributed by atoms with van der Waals surface area (Å²) < 4.78 is 38.4. The molecule has 0 aliphatic heterocycles. The molecule has 1 fully saturated rings. The number of nitrogens with zero attached hydrogens (tertiary/aromatic N) is 2. The highest BCUT2D eigenvalue weighted by Gasteiger charge is 2.36. The van der Waals surface area contributed by atoms with Crippen LogP contribution >= 0.6 is 0 Å². The second kappa shape index (κ2) is 6.91. The molecule has 3 aromatic heterocycles. The SMILES string of the molecule is NC(c1[nH]c2c(c1C(=O)O)CCc1cnc(-c3ccc(C(F)(F)F)nc3)cc1-2)C1CC1. The van der Waals surface area contributed by atoms with Crippen LogP contribution in [0.3, 0.4) is 0 Å². The number of alkyl halides is 3. The molecular formula is C22H19F3N4O2. The van der Waals surface area contributed by atoms with Gasteiger partial charge in [-0.15, -0.1) is 0 Å². The van der Waals surface area contributed by atoms with E-state index < -0.39 is 17.8 Å². The van der Waals surface area contributed by atoms with Gasteiger partial charge in [0.15, 0.2) is 0 Å². The first-order chi connectivity index (χ1) is 14.7. The molecule has 0 saturated heterocycles. The average molecular weight is 428 g/mol. The largest absolute Gasteiger partial charge is 0.478 e. The molecule has 6 nitrogen and oxygen atoms in total. The van der Waals surface area contributed by atoms with Crippen molar-refractivity contribution in [3.63, 3.8) is 0 Å². The fourth-order valence-corrected chi connectivity index (χ4v) is 4.27. The van der Waals surface area contributed by atoms with Gasteiger partial charge in [0.25, 0.3) is 0 Å². The van der Waals surface area contributed by atoms with Crippen LogP contribution in [0.2, 0.25) is 0 Å². The van der Waals surface area contributed by atoms with Crippen LogP contribution in [0, 0.1) is 5.92 Å². The molecule has 0 bridgehead atoms. The van der Waals surface area contributed by atoms with Gasteiger partial charge in [-0.25, -0.2) is 4.79 Å². The van der Waals surface area contributed by atoms with Gasteiger partial charge in [0.2, 0.25) is 0 Å². The van der Waals surface area contributed by atoms with Gasteiger partial charge in [-0.3, -0.25) is 9.97 Å². The number of carboxylic acids is 1. The lowest BCUT2D eigenvalue weighted by Crippen LogP contribution is -2.17. The average Bonchev–Trinajstić information content (AvgIpc) is 3.51. The number of H-pyrrole nitrogens is 1. The van der Waals surface area contributed by atoms with Crippen LogP contribution in [0.5, 0.6) is 0 Å². The topological polar surface area (TPSA) is 105 Å². The van der Waals surface area contributed by atoms with E-state index in [4.69, 9.17) is 5.73 Å². The van der Waals surface area contributed by atoms with Crippen LogP contribution in [0.25, 0.3) is 22.5 Å². The van der Waals surface area contributed by atoms with E-state index in [2.05, 4.69) is 15.0 Å². The Morgan fingerprint density at radius 2 is 1.97 bits per heavy atom. The number of carbonyl (C=O) groups is 1. The fourth-order valence-electron chi connectivity index (χ4n) is 4.27. The Bertz CT molecular complexity index is 1180. The van der Waals surface area contributed by atoms with E-state index in [0.29, 0.717) is 41.1 Å². The van der Waals surface area contributed by atoms with Gasteiger partial charge >= 0.3 is 12.1 Å². The number of nitrogens with one attached hydrogen (secondary N) is 1. The molecule has 3 aromatic rings. The molecule has 2 aliphatic carbocycles. The molecule has 31 heavy (non-hydrogen) atoms. The molecule has 0 amide bonds. The van der Waals surface area contributed by atoms with Crippen molar-refractivity contribution in [3.8, 4) is 22.5 Å². The summed E-state index contributed by atoms with van der Waals surface area (Å²) in [6, 6.07) is 3.67. The summed E-state index contributed by atoms with van der Waals surface area (Å²) in [5.41, 5.74) is 10.2. The van der Waals surface area contributed by atoms with Crippen LogP contribution < -0.4 is 5.73 Å². The number of hydrogen-bond donors (Lipinski definition) is 3. The number of aryl methyl sites for hydroxylation is 1. The standard InChI is InChI=1S/C22H19F3N4O2/c23-22(24,25)16-6-4-12(9-28-16)15-7-14-11(8-27-15)3-5-13-17(21(30)31)20(29-19(13)14)18(26)10-1-2-10/h4,6-10,18,29H,1-3,5,26H2,(H,30,31). The van der Waals surface area contributed by atoms with Gasteiger partial charge < -0.3 is 15.8 Å². The van der Waals surface area contributed by atoms with Gasteiger partial charge in [-0.05, 0) is 60.9 Å². The first kappa shape index (κ1) is 19.7. The van der Waals surface area contributed by atoms with E-state index >= 15 is 0 Å². The first-order valence-electron chi connectivity index (χ1n) is 10.0. The van der Waals surface area contributed by atoms with Crippen LogP contribution in [0.4, 0.5) is 13.2 Å². The third-order valence-corrected chi connectivity index (χ3v) is 6.06. The molecule has 2 aliphatic rings. The van der Waals surface area contributed by atoms with Crippen molar-refractivity contribution in [1.29, 1.82) is 0 Å². The zero-order valence-electron chi connectivity index (χ0n) is 16.3. The highest BCUT2D eigenvalue weighted by Crippen LogP contribution is 2.44. The van der Waals surface area contributed by atoms with E-state index in [1.165, 1.54) is 6.07 Å². The van der Waals surface area contributed by atoms with Crippen LogP contribution in [-0.4, -0.2) is 26.0 Å². The molecule has 160 valence electrons. The summed E-state index contributed by atoms with van der Waals surface area (Å²) >= 11 is 0. The smallest absolute Gasteiger partial charge is 0.433 e. The summed E-state index contributed by atoms with van der Waals surface area (Å²) in [6.45, 7) is 0. The Morgan fingerprint density at radius 3 is 2.58 bits per heavy atom. The lowest BCUT2D eigenvalue weighted by molar-refractivity contribution is -0.141. The fraction of sp³-hybridized carbons (Fsp3) is 0.318. The number of aromatic nitrogens is 3. The molecule has 1 unspecified atom stereocenters. The Kier molecular flexibility index (Phi) is 4.40. The van der Waals surface area contributed by atoms with Crippen LogP contribution in [0.15, 0.2) is 30.6 Å². The first-order valence-corrected chi connectivity index (χ1v) is 10.0. The number of fused-ring (bicyclic) bond motifs is 3. The van der Waals surface area contributed by atoms with E-state index in [1.807, 2.05) is 0 Å². The molecule has 1 saturated carbocycles. The number of hydrogen-bond acceptors (Lipinski definition) is 4. The maximum absolute atomic E-state index is 12.8. The summed E-state index contributed by atoms with van der Waals surface area (Å²) in [5.74, 6) is -0.725. The number of aromatic amines is 1. The molecule has 4 N–H and O–H groups in total. The summed E-state index contributed by atoms with van der Waals surface area (Å²) in [5, 5.41) is 9.85.